The molecule has 0 saturated heterocycles. The number of phenols is 5. The van der Waals surface area contributed by atoms with Crippen LogP contribution in [-0.4, -0.2) is 32.3 Å². The lowest BCUT2D eigenvalue weighted by molar-refractivity contribution is -0.0980. The summed E-state index contributed by atoms with van der Waals surface area (Å²) >= 11 is 0. The van der Waals surface area contributed by atoms with E-state index in [2.05, 4.69) is 126 Å². The average molecular weight is 801 g/mol. The van der Waals surface area contributed by atoms with Crippen LogP contribution >= 0.6 is 0 Å². The summed E-state index contributed by atoms with van der Waals surface area (Å²) in [4.78, 5) is 8.00. The van der Waals surface area contributed by atoms with Crippen molar-refractivity contribution < 1.29 is 30.3 Å². The van der Waals surface area contributed by atoms with Gasteiger partial charge in [-0.15, -0.1) is 0 Å². The maximum absolute atomic E-state index is 11.9. The summed E-state index contributed by atoms with van der Waals surface area (Å²) in [7, 11) is 0. The molecule has 5 aromatic carbocycles. The lowest BCUT2D eigenvalue weighted by Crippen LogP contribution is -2.15. The SMILES string of the molecule is C=O.CC(C)(C)c1ccc(O)cc1.CCc1cc2c(O)c(c1)Cc1cc(C(C)(C)C)cc(c1O)Cc1cc(C(C)(C)C)cc(c1O)Cc1cc(C(C)(C)C)cc(c1O)C2. The van der Waals surface area contributed by atoms with Gasteiger partial charge in [-0.25, -0.2) is 0 Å². The van der Waals surface area contributed by atoms with Crippen molar-refractivity contribution in [2.75, 3.05) is 0 Å². The number of carbonyl (C=O) groups excluding carboxylic acids is 1. The second-order valence-corrected chi connectivity index (χ2v) is 20.3. The zero-order chi connectivity index (χ0) is 44.4. The standard InChI is InChI=1S/C42H52O4.C10H14O.CH2O/c1-11-24-12-25-14-27-18-33(40(2,3)4)20-29(37(27)44)16-31-22-35(42(8,9)10)23-32(39(31)46)17-30-21-34(41(5,6)7)19-28(38(30)45)15-26(13-24)36(25)43;1-10(2,3)8-4-6-9(11)7-5-8;1-2/h12-13,18-23,43-46H,11,14-17H2,1-10H3;4-7,11H,1-3H3;1H2. The molecule has 8 bridgehead atoms. The number of rotatable bonds is 1. The molecule has 0 fully saturated rings. The molecular formula is C53H68O6. The van der Waals surface area contributed by atoms with Crippen molar-refractivity contribution in [3.05, 3.63) is 145 Å². The summed E-state index contributed by atoms with van der Waals surface area (Å²) in [5.41, 5.74) is 11.2. The highest BCUT2D eigenvalue weighted by molar-refractivity contribution is 5.58. The number of benzene rings is 5. The Kier molecular flexibility index (Phi) is 13.8. The fourth-order valence-electron chi connectivity index (χ4n) is 7.48. The Bertz CT molecular complexity index is 2150. The van der Waals surface area contributed by atoms with Crippen LogP contribution in [0.3, 0.4) is 0 Å². The van der Waals surface area contributed by atoms with Gasteiger partial charge in [0.05, 0.1) is 0 Å². The molecule has 6 heteroatoms. The van der Waals surface area contributed by atoms with Crippen LogP contribution in [0.1, 0.15) is 162 Å². The number of carbonyl (C=O) groups is 1. The van der Waals surface area contributed by atoms with Gasteiger partial charge in [0, 0.05) is 25.7 Å². The van der Waals surface area contributed by atoms with Gasteiger partial charge in [0.1, 0.15) is 35.5 Å². The Morgan fingerprint density at radius 2 is 0.610 bits per heavy atom. The highest BCUT2D eigenvalue weighted by Gasteiger charge is 2.26. The molecule has 0 saturated carbocycles. The molecule has 0 aliphatic heterocycles. The third-order valence-corrected chi connectivity index (χ3v) is 11.4. The van der Waals surface area contributed by atoms with Gasteiger partial charge >= 0.3 is 0 Å². The van der Waals surface area contributed by atoms with Crippen molar-refractivity contribution in [2.45, 2.75) is 144 Å². The highest BCUT2D eigenvalue weighted by atomic mass is 16.3. The average Bonchev–Trinajstić information content (AvgIpc) is 3.13. The largest absolute Gasteiger partial charge is 0.508 e. The summed E-state index contributed by atoms with van der Waals surface area (Å²) in [5.74, 6) is 1.12. The van der Waals surface area contributed by atoms with Crippen LogP contribution in [-0.2, 0) is 58.6 Å². The van der Waals surface area contributed by atoms with E-state index in [0.29, 0.717) is 31.4 Å². The van der Waals surface area contributed by atoms with E-state index in [-0.39, 0.29) is 44.7 Å². The van der Waals surface area contributed by atoms with Gasteiger partial charge in [0.15, 0.2) is 0 Å². The van der Waals surface area contributed by atoms with Gasteiger partial charge in [-0.05, 0) is 113 Å². The van der Waals surface area contributed by atoms with Crippen molar-refractivity contribution in [3.63, 3.8) is 0 Å². The number of aromatic hydroxyl groups is 5. The van der Waals surface area contributed by atoms with Gasteiger partial charge in [-0.2, -0.15) is 0 Å². The second-order valence-electron chi connectivity index (χ2n) is 20.3. The molecule has 6 nitrogen and oxygen atoms in total. The third kappa shape index (κ3) is 11.1. The van der Waals surface area contributed by atoms with Gasteiger partial charge < -0.3 is 30.3 Å². The highest BCUT2D eigenvalue weighted by Crippen LogP contribution is 2.42. The fourth-order valence-corrected chi connectivity index (χ4v) is 7.48. The second kappa shape index (κ2) is 17.6. The van der Waals surface area contributed by atoms with E-state index in [1.54, 1.807) is 12.1 Å². The Balaban J connectivity index is 0.000000508. The lowest BCUT2D eigenvalue weighted by atomic mass is 9.80. The summed E-state index contributed by atoms with van der Waals surface area (Å²) in [5, 5.41) is 56.2. The van der Waals surface area contributed by atoms with E-state index >= 15 is 0 Å². The molecule has 0 unspecified atom stereocenters. The summed E-state index contributed by atoms with van der Waals surface area (Å²) in [6, 6.07) is 23.8. The number of fused-ring (bicyclic) bond motifs is 8. The molecule has 0 amide bonds. The summed E-state index contributed by atoms with van der Waals surface area (Å²) < 4.78 is 0. The van der Waals surface area contributed by atoms with E-state index < -0.39 is 0 Å². The van der Waals surface area contributed by atoms with Crippen LogP contribution in [0.25, 0.3) is 0 Å². The van der Waals surface area contributed by atoms with Crippen LogP contribution in [0.2, 0.25) is 0 Å². The number of hydrogen-bond acceptors (Lipinski definition) is 6. The molecule has 0 atom stereocenters. The van der Waals surface area contributed by atoms with Crippen LogP contribution in [0.5, 0.6) is 28.7 Å². The molecule has 0 radical (unpaired) electrons. The fraction of sp³-hybridized carbons (Fsp3) is 0.415. The van der Waals surface area contributed by atoms with Crippen molar-refractivity contribution in [2.24, 2.45) is 0 Å². The van der Waals surface area contributed by atoms with E-state index in [0.717, 1.165) is 73.2 Å². The molecule has 0 spiro atoms. The van der Waals surface area contributed by atoms with E-state index in [1.165, 1.54) is 5.56 Å². The van der Waals surface area contributed by atoms with E-state index in [1.807, 2.05) is 31.1 Å². The first-order valence-electron chi connectivity index (χ1n) is 20.7. The smallest absolute Gasteiger partial charge is 0.122 e. The zero-order valence-corrected chi connectivity index (χ0v) is 37.8. The number of hydrogen-bond donors (Lipinski definition) is 5. The molecule has 59 heavy (non-hydrogen) atoms. The minimum absolute atomic E-state index is 0.174. The first-order chi connectivity index (χ1) is 27.3. The van der Waals surface area contributed by atoms with Crippen molar-refractivity contribution in [1.82, 2.24) is 0 Å². The monoisotopic (exact) mass is 801 g/mol. The molecule has 5 aromatic rings. The molecule has 6 rings (SSSR count). The van der Waals surface area contributed by atoms with Crippen LogP contribution in [0.15, 0.2) is 72.8 Å². The van der Waals surface area contributed by atoms with Gasteiger partial charge in [-0.1, -0.05) is 151 Å². The quantitative estimate of drug-likeness (QED) is 0.113. The van der Waals surface area contributed by atoms with E-state index in [9.17, 15) is 20.4 Å². The van der Waals surface area contributed by atoms with Crippen molar-refractivity contribution in [3.8, 4) is 28.7 Å². The number of phenolic OH excluding ortho intramolecular Hbond substituents is 5. The normalized spacial score (nSPS) is 13.1. The van der Waals surface area contributed by atoms with Gasteiger partial charge in [-0.3, -0.25) is 0 Å². The Morgan fingerprint density at radius 3 is 0.814 bits per heavy atom. The zero-order valence-electron chi connectivity index (χ0n) is 37.8. The molecule has 316 valence electrons. The lowest BCUT2D eigenvalue weighted by Gasteiger charge is -2.26. The molecular weight excluding hydrogens is 733 g/mol. The molecule has 1 aliphatic carbocycles. The third-order valence-electron chi connectivity index (χ3n) is 11.4. The predicted octanol–water partition coefficient (Wildman–Crippen LogP) is 12.1. The van der Waals surface area contributed by atoms with Crippen molar-refractivity contribution >= 4 is 6.79 Å². The molecule has 5 N–H and O–H groups in total. The molecule has 0 aromatic heterocycles. The van der Waals surface area contributed by atoms with Crippen LogP contribution in [0, 0.1) is 0 Å². The number of aryl methyl sites for hydroxylation is 1. The maximum Gasteiger partial charge on any atom is 0.122 e. The van der Waals surface area contributed by atoms with Crippen LogP contribution < -0.4 is 0 Å². The summed E-state index contributed by atoms with van der Waals surface area (Å²) in [6.07, 6.45) is 2.19. The maximum atomic E-state index is 11.9. The first-order valence-corrected chi connectivity index (χ1v) is 20.7. The topological polar surface area (TPSA) is 118 Å². The van der Waals surface area contributed by atoms with Gasteiger partial charge in [0.25, 0.3) is 0 Å². The first kappa shape index (κ1) is 46.5. The minimum Gasteiger partial charge on any atom is -0.508 e. The van der Waals surface area contributed by atoms with Crippen molar-refractivity contribution in [1.29, 1.82) is 0 Å². The Labute approximate surface area is 353 Å². The summed E-state index contributed by atoms with van der Waals surface area (Å²) in [6.45, 7) is 30.0. The Hall–Kier alpha value is -5.23. The van der Waals surface area contributed by atoms with Gasteiger partial charge in [0.2, 0.25) is 0 Å². The molecule has 1 aliphatic rings. The van der Waals surface area contributed by atoms with E-state index in [4.69, 9.17) is 9.90 Å². The Morgan fingerprint density at radius 1 is 0.390 bits per heavy atom. The minimum atomic E-state index is -0.184. The predicted molar refractivity (Wildman–Crippen MR) is 243 cm³/mol. The molecule has 0 heterocycles. The van der Waals surface area contributed by atoms with Crippen LogP contribution in [0.4, 0.5) is 0 Å².